The summed E-state index contributed by atoms with van der Waals surface area (Å²) in [5.74, 6) is 2.15. The van der Waals surface area contributed by atoms with Gasteiger partial charge in [-0.1, -0.05) is 38.3 Å². The Morgan fingerprint density at radius 2 is 2.00 bits per heavy atom. The highest BCUT2D eigenvalue weighted by molar-refractivity contribution is 5.00. The van der Waals surface area contributed by atoms with E-state index in [9.17, 15) is 0 Å². The molecule has 0 amide bonds. The van der Waals surface area contributed by atoms with Crippen molar-refractivity contribution in [2.24, 2.45) is 5.92 Å². The van der Waals surface area contributed by atoms with Crippen LogP contribution in [0.25, 0.3) is 0 Å². The van der Waals surface area contributed by atoms with E-state index in [2.05, 4.69) is 36.2 Å². The fourth-order valence-electron chi connectivity index (χ4n) is 3.21. The van der Waals surface area contributed by atoms with E-state index in [-0.39, 0.29) is 12.0 Å². The zero-order chi connectivity index (χ0) is 15.2. The molecule has 1 N–H and O–H groups in total. The number of nitrogens with zero attached hydrogens (tertiary/aromatic N) is 2. The van der Waals surface area contributed by atoms with Crippen molar-refractivity contribution >= 4 is 0 Å². The second-order valence-electron chi connectivity index (χ2n) is 6.18. The van der Waals surface area contributed by atoms with Crippen LogP contribution in [0.2, 0.25) is 0 Å². The minimum Gasteiger partial charge on any atom is -0.373 e. The average molecular weight is 295 g/mol. The summed E-state index contributed by atoms with van der Waals surface area (Å²) < 4.78 is 11.2. The number of ether oxygens (including phenoxy) is 1. The van der Waals surface area contributed by atoms with Gasteiger partial charge < -0.3 is 14.6 Å². The van der Waals surface area contributed by atoms with Crippen molar-refractivity contribution in [3.8, 4) is 0 Å². The van der Waals surface area contributed by atoms with Gasteiger partial charge in [0.1, 0.15) is 6.10 Å². The smallest absolute Gasteiger partial charge is 0.231 e. The van der Waals surface area contributed by atoms with Gasteiger partial charge in [-0.25, -0.2) is 0 Å². The van der Waals surface area contributed by atoms with Crippen molar-refractivity contribution in [1.82, 2.24) is 15.5 Å². The maximum absolute atomic E-state index is 5.68. The lowest BCUT2D eigenvalue weighted by Gasteiger charge is -2.26. The van der Waals surface area contributed by atoms with E-state index in [1.165, 1.54) is 32.1 Å². The van der Waals surface area contributed by atoms with Crippen LogP contribution in [0.1, 0.15) is 76.6 Å². The van der Waals surface area contributed by atoms with Crippen LogP contribution < -0.4 is 5.32 Å². The summed E-state index contributed by atoms with van der Waals surface area (Å²) in [5, 5.41) is 7.59. The van der Waals surface area contributed by atoms with E-state index in [4.69, 9.17) is 9.26 Å². The number of hydrogen-bond donors (Lipinski definition) is 1. The Balaban J connectivity index is 2.06. The summed E-state index contributed by atoms with van der Waals surface area (Å²) in [5.41, 5.74) is 0. The molecule has 0 saturated heterocycles. The zero-order valence-electron chi connectivity index (χ0n) is 13.8. The predicted molar refractivity (Wildman–Crippen MR) is 82.2 cm³/mol. The van der Waals surface area contributed by atoms with E-state index in [1.54, 1.807) is 7.11 Å². The Morgan fingerprint density at radius 3 is 2.62 bits per heavy atom. The minimum absolute atomic E-state index is 0.0237. The Bertz CT molecular complexity index is 415. The molecule has 5 heteroatoms. The molecule has 0 aromatic carbocycles. The number of likely N-dealkylation sites (N-methyl/N-ethyl adjacent to an activating group) is 1. The summed E-state index contributed by atoms with van der Waals surface area (Å²) in [4.78, 5) is 4.62. The monoisotopic (exact) mass is 295 g/mol. The van der Waals surface area contributed by atoms with Crippen molar-refractivity contribution in [3.63, 3.8) is 0 Å². The first-order valence-electron chi connectivity index (χ1n) is 8.27. The molecule has 0 radical (unpaired) electrons. The van der Waals surface area contributed by atoms with Crippen LogP contribution in [0.15, 0.2) is 4.52 Å². The van der Waals surface area contributed by atoms with Gasteiger partial charge in [0.15, 0.2) is 0 Å². The summed E-state index contributed by atoms with van der Waals surface area (Å²) >= 11 is 0. The van der Waals surface area contributed by atoms with E-state index in [0.717, 1.165) is 12.4 Å². The zero-order valence-corrected chi connectivity index (χ0v) is 13.8. The Morgan fingerprint density at radius 1 is 1.29 bits per heavy atom. The molecule has 1 aromatic rings. The summed E-state index contributed by atoms with van der Waals surface area (Å²) in [6.45, 7) is 7.31. The lowest BCUT2D eigenvalue weighted by molar-refractivity contribution is 0.0273. The number of rotatable bonds is 7. The van der Waals surface area contributed by atoms with Crippen LogP contribution in [0.4, 0.5) is 0 Å². The number of methoxy groups -OCH3 is 1. The highest BCUT2D eigenvalue weighted by atomic mass is 16.5. The number of hydrogen-bond acceptors (Lipinski definition) is 5. The van der Waals surface area contributed by atoms with E-state index >= 15 is 0 Å². The summed E-state index contributed by atoms with van der Waals surface area (Å²) in [6.07, 6.45) is 6.27. The van der Waals surface area contributed by atoms with Gasteiger partial charge in [0.05, 0.1) is 5.92 Å². The largest absolute Gasteiger partial charge is 0.373 e. The van der Waals surface area contributed by atoms with Crippen LogP contribution in [-0.2, 0) is 4.74 Å². The SMILES string of the molecule is CCNC(C)C(C)c1nc(C(OC)C2CCCCC2)no1. The standard InChI is InChI=1S/C16H29N3O2/c1-5-17-12(3)11(2)16-18-15(19-21-16)14(20-4)13-9-7-6-8-10-13/h11-14,17H,5-10H2,1-4H3. The molecule has 5 nitrogen and oxygen atoms in total. The number of aromatic nitrogens is 2. The maximum Gasteiger partial charge on any atom is 0.231 e. The topological polar surface area (TPSA) is 60.2 Å². The van der Waals surface area contributed by atoms with Gasteiger partial charge in [-0.3, -0.25) is 0 Å². The maximum atomic E-state index is 5.68. The summed E-state index contributed by atoms with van der Waals surface area (Å²) in [7, 11) is 1.75. The molecule has 1 fully saturated rings. The van der Waals surface area contributed by atoms with Crippen molar-refractivity contribution in [3.05, 3.63) is 11.7 Å². The van der Waals surface area contributed by atoms with E-state index in [0.29, 0.717) is 17.9 Å². The van der Waals surface area contributed by atoms with Crippen LogP contribution in [0.3, 0.4) is 0 Å². The second kappa shape index (κ2) is 7.90. The fourth-order valence-corrected chi connectivity index (χ4v) is 3.21. The lowest BCUT2D eigenvalue weighted by atomic mass is 9.85. The molecule has 2 rings (SSSR count). The third-order valence-electron chi connectivity index (χ3n) is 4.71. The Labute approximate surface area is 127 Å². The molecule has 1 saturated carbocycles. The molecule has 0 bridgehead atoms. The van der Waals surface area contributed by atoms with Gasteiger partial charge in [0.2, 0.25) is 11.7 Å². The van der Waals surface area contributed by atoms with Gasteiger partial charge in [-0.2, -0.15) is 4.98 Å². The molecular formula is C16H29N3O2. The molecule has 1 aliphatic carbocycles. The van der Waals surface area contributed by atoms with Crippen molar-refractivity contribution < 1.29 is 9.26 Å². The average Bonchev–Trinajstić information content (AvgIpc) is 2.98. The Kier molecular flexibility index (Phi) is 6.18. The van der Waals surface area contributed by atoms with Gasteiger partial charge in [-0.05, 0) is 32.2 Å². The lowest BCUT2D eigenvalue weighted by Crippen LogP contribution is -2.30. The van der Waals surface area contributed by atoms with Crippen LogP contribution in [0.5, 0.6) is 0 Å². The third kappa shape index (κ3) is 4.04. The molecule has 0 aliphatic heterocycles. The van der Waals surface area contributed by atoms with Crippen molar-refractivity contribution in [1.29, 1.82) is 0 Å². The van der Waals surface area contributed by atoms with E-state index in [1.807, 2.05) is 0 Å². The quantitative estimate of drug-likeness (QED) is 0.835. The predicted octanol–water partition coefficient (Wildman–Crippen LogP) is 3.44. The number of nitrogens with one attached hydrogen (secondary N) is 1. The molecule has 120 valence electrons. The second-order valence-corrected chi connectivity index (χ2v) is 6.18. The van der Waals surface area contributed by atoms with Crippen LogP contribution in [0, 0.1) is 5.92 Å². The van der Waals surface area contributed by atoms with Crippen LogP contribution >= 0.6 is 0 Å². The molecule has 3 unspecified atom stereocenters. The molecule has 1 heterocycles. The molecular weight excluding hydrogens is 266 g/mol. The first-order valence-corrected chi connectivity index (χ1v) is 8.27. The first-order chi connectivity index (χ1) is 10.2. The highest BCUT2D eigenvalue weighted by Gasteiger charge is 2.30. The van der Waals surface area contributed by atoms with Crippen molar-refractivity contribution in [2.45, 2.75) is 70.9 Å². The normalized spacial score (nSPS) is 21.1. The first kappa shape index (κ1) is 16.4. The van der Waals surface area contributed by atoms with E-state index < -0.39 is 0 Å². The summed E-state index contributed by atoms with van der Waals surface area (Å²) in [6, 6.07) is 0.318. The Hall–Kier alpha value is -0.940. The molecule has 21 heavy (non-hydrogen) atoms. The minimum atomic E-state index is -0.0237. The molecule has 3 atom stereocenters. The van der Waals surface area contributed by atoms with Gasteiger partial charge >= 0.3 is 0 Å². The third-order valence-corrected chi connectivity index (χ3v) is 4.71. The molecule has 1 aromatic heterocycles. The molecule has 1 aliphatic rings. The van der Waals surface area contributed by atoms with Gasteiger partial charge in [0, 0.05) is 13.2 Å². The molecule has 0 spiro atoms. The fraction of sp³-hybridized carbons (Fsp3) is 0.875. The van der Waals surface area contributed by atoms with Gasteiger partial charge in [-0.15, -0.1) is 0 Å². The van der Waals surface area contributed by atoms with Crippen molar-refractivity contribution in [2.75, 3.05) is 13.7 Å². The van der Waals surface area contributed by atoms with Gasteiger partial charge in [0.25, 0.3) is 0 Å². The van der Waals surface area contributed by atoms with Crippen LogP contribution in [-0.4, -0.2) is 29.8 Å². The highest BCUT2D eigenvalue weighted by Crippen LogP contribution is 2.35.